The van der Waals surface area contributed by atoms with Crippen LogP contribution in [0.25, 0.3) is 0 Å². The summed E-state index contributed by atoms with van der Waals surface area (Å²) in [7, 11) is 0. The second-order valence-corrected chi connectivity index (χ2v) is 5.55. The van der Waals surface area contributed by atoms with E-state index >= 15 is 0 Å². The highest BCUT2D eigenvalue weighted by Crippen LogP contribution is 2.22. The van der Waals surface area contributed by atoms with E-state index in [-0.39, 0.29) is 5.91 Å². The topological polar surface area (TPSA) is 70.7 Å². The Bertz CT molecular complexity index is 813. The summed E-state index contributed by atoms with van der Waals surface area (Å²) in [6, 6.07) is 13.0. The van der Waals surface area contributed by atoms with Gasteiger partial charge >= 0.3 is 0 Å². The highest BCUT2D eigenvalue weighted by Gasteiger charge is 2.10. The molecule has 1 amide bonds. The normalized spacial score (nSPS) is 10.1. The second-order valence-electron chi connectivity index (χ2n) is 4.63. The number of amides is 1. The zero-order valence-corrected chi connectivity index (χ0v) is 12.4. The molecule has 0 atom stereocenters. The Morgan fingerprint density at radius 1 is 1.32 bits per heavy atom. The predicted octanol–water partition coefficient (Wildman–Crippen LogP) is 3.12. The molecule has 0 aliphatic carbocycles. The molecule has 108 valence electrons. The van der Waals surface area contributed by atoms with E-state index in [0.29, 0.717) is 22.7 Å². The van der Waals surface area contributed by atoms with E-state index in [9.17, 15) is 4.79 Å². The van der Waals surface area contributed by atoms with Crippen LogP contribution in [0.1, 0.15) is 21.5 Å². The number of carbonyl (C=O) groups is 1. The fourth-order valence-corrected chi connectivity index (χ4v) is 2.74. The Morgan fingerprint density at radius 2 is 2.14 bits per heavy atom. The molecule has 0 spiro atoms. The molecule has 3 rings (SSSR count). The van der Waals surface area contributed by atoms with Gasteiger partial charge in [0.15, 0.2) is 0 Å². The van der Waals surface area contributed by atoms with Gasteiger partial charge in [0.25, 0.3) is 5.91 Å². The molecule has 0 saturated carbocycles. The molecule has 5 nitrogen and oxygen atoms in total. The molecule has 1 N–H and O–H groups in total. The second kappa shape index (κ2) is 6.24. The standard InChI is InChI=1S/C16H12N4OS/c17-10-14-6-9-22-16(14)19-15(21)13-4-2-12(3-5-13)11-20-8-1-7-18-20/h1-9H,11H2,(H,19,21). The number of nitriles is 1. The van der Waals surface area contributed by atoms with Gasteiger partial charge in [0.2, 0.25) is 0 Å². The Labute approximate surface area is 131 Å². The summed E-state index contributed by atoms with van der Waals surface area (Å²) in [5.41, 5.74) is 2.10. The maximum absolute atomic E-state index is 12.2. The van der Waals surface area contributed by atoms with Gasteiger partial charge in [-0.1, -0.05) is 12.1 Å². The summed E-state index contributed by atoms with van der Waals surface area (Å²) >= 11 is 1.34. The lowest BCUT2D eigenvalue weighted by Gasteiger charge is -2.05. The molecule has 3 aromatic rings. The lowest BCUT2D eigenvalue weighted by atomic mass is 10.1. The van der Waals surface area contributed by atoms with Gasteiger partial charge in [0, 0.05) is 18.0 Å². The minimum atomic E-state index is -0.218. The number of nitrogens with one attached hydrogen (secondary N) is 1. The molecular formula is C16H12N4OS. The van der Waals surface area contributed by atoms with Gasteiger partial charge in [-0.2, -0.15) is 10.4 Å². The smallest absolute Gasteiger partial charge is 0.256 e. The number of benzene rings is 1. The SMILES string of the molecule is N#Cc1ccsc1NC(=O)c1ccc(Cn2cccn2)cc1. The summed E-state index contributed by atoms with van der Waals surface area (Å²) in [6.45, 7) is 0.665. The van der Waals surface area contributed by atoms with Gasteiger partial charge in [0.05, 0.1) is 12.1 Å². The van der Waals surface area contributed by atoms with Crippen LogP contribution in [0, 0.1) is 11.3 Å². The van der Waals surface area contributed by atoms with Crippen molar-refractivity contribution in [1.82, 2.24) is 9.78 Å². The van der Waals surface area contributed by atoms with E-state index in [2.05, 4.69) is 16.5 Å². The minimum absolute atomic E-state index is 0.218. The van der Waals surface area contributed by atoms with E-state index in [1.165, 1.54) is 11.3 Å². The van der Waals surface area contributed by atoms with Crippen molar-refractivity contribution in [3.63, 3.8) is 0 Å². The van der Waals surface area contributed by atoms with Crippen molar-refractivity contribution in [1.29, 1.82) is 5.26 Å². The van der Waals surface area contributed by atoms with Gasteiger partial charge in [-0.05, 0) is 35.2 Å². The van der Waals surface area contributed by atoms with E-state index < -0.39 is 0 Å². The van der Waals surface area contributed by atoms with Crippen LogP contribution in [-0.4, -0.2) is 15.7 Å². The fourth-order valence-electron chi connectivity index (χ4n) is 2.01. The molecule has 0 radical (unpaired) electrons. The number of thiophene rings is 1. The van der Waals surface area contributed by atoms with Crippen LogP contribution in [0.2, 0.25) is 0 Å². The molecule has 2 aromatic heterocycles. The van der Waals surface area contributed by atoms with Gasteiger partial charge in [0.1, 0.15) is 11.1 Å². The lowest BCUT2D eigenvalue weighted by Crippen LogP contribution is -2.11. The first kappa shape index (κ1) is 14.0. The number of hydrogen-bond acceptors (Lipinski definition) is 4. The van der Waals surface area contributed by atoms with Crippen molar-refractivity contribution in [2.24, 2.45) is 0 Å². The maximum atomic E-state index is 12.2. The number of nitrogens with zero attached hydrogens (tertiary/aromatic N) is 3. The van der Waals surface area contributed by atoms with Crippen molar-refractivity contribution < 1.29 is 4.79 Å². The van der Waals surface area contributed by atoms with Gasteiger partial charge in [-0.3, -0.25) is 9.48 Å². The summed E-state index contributed by atoms with van der Waals surface area (Å²) in [6.07, 6.45) is 3.62. The van der Waals surface area contributed by atoms with E-state index in [1.54, 1.807) is 29.8 Å². The highest BCUT2D eigenvalue weighted by atomic mass is 32.1. The van der Waals surface area contributed by atoms with Crippen LogP contribution in [-0.2, 0) is 6.54 Å². The molecule has 6 heteroatoms. The zero-order chi connectivity index (χ0) is 15.4. The first-order chi connectivity index (χ1) is 10.8. The number of hydrogen-bond donors (Lipinski definition) is 1. The van der Waals surface area contributed by atoms with Crippen molar-refractivity contribution >= 4 is 22.2 Å². The quantitative estimate of drug-likeness (QED) is 0.805. The van der Waals surface area contributed by atoms with Crippen LogP contribution in [0.5, 0.6) is 0 Å². The molecule has 0 aliphatic heterocycles. The molecule has 0 unspecified atom stereocenters. The molecule has 2 heterocycles. The fraction of sp³-hybridized carbons (Fsp3) is 0.0625. The van der Waals surface area contributed by atoms with E-state index in [4.69, 9.17) is 5.26 Å². The van der Waals surface area contributed by atoms with Crippen molar-refractivity contribution in [3.05, 3.63) is 70.9 Å². The Hall–Kier alpha value is -2.91. The predicted molar refractivity (Wildman–Crippen MR) is 84.8 cm³/mol. The van der Waals surface area contributed by atoms with E-state index in [0.717, 1.165) is 5.56 Å². The monoisotopic (exact) mass is 308 g/mol. The van der Waals surface area contributed by atoms with Gasteiger partial charge < -0.3 is 5.32 Å². The summed E-state index contributed by atoms with van der Waals surface area (Å²) in [4.78, 5) is 12.2. The Morgan fingerprint density at radius 3 is 2.82 bits per heavy atom. The molecule has 0 fully saturated rings. The van der Waals surface area contributed by atoms with E-state index in [1.807, 2.05) is 29.1 Å². The number of aromatic nitrogens is 2. The molecule has 22 heavy (non-hydrogen) atoms. The largest absolute Gasteiger partial charge is 0.312 e. The molecular weight excluding hydrogens is 296 g/mol. The number of rotatable bonds is 4. The molecule has 0 aliphatic rings. The summed E-state index contributed by atoms with van der Waals surface area (Å²) < 4.78 is 1.82. The highest BCUT2D eigenvalue weighted by molar-refractivity contribution is 7.14. The number of anilines is 1. The van der Waals surface area contributed by atoms with Crippen LogP contribution >= 0.6 is 11.3 Å². The summed E-state index contributed by atoms with van der Waals surface area (Å²) in [5.74, 6) is -0.218. The third kappa shape index (κ3) is 3.05. The van der Waals surface area contributed by atoms with Crippen LogP contribution in [0.15, 0.2) is 54.2 Å². The van der Waals surface area contributed by atoms with Crippen LogP contribution < -0.4 is 5.32 Å². The van der Waals surface area contributed by atoms with Crippen LogP contribution in [0.4, 0.5) is 5.00 Å². The maximum Gasteiger partial charge on any atom is 0.256 e. The third-order valence-electron chi connectivity index (χ3n) is 3.13. The Balaban J connectivity index is 1.70. The lowest BCUT2D eigenvalue weighted by molar-refractivity contribution is 0.102. The number of carbonyl (C=O) groups excluding carboxylic acids is 1. The van der Waals surface area contributed by atoms with Gasteiger partial charge in [-0.15, -0.1) is 11.3 Å². The van der Waals surface area contributed by atoms with Gasteiger partial charge in [-0.25, -0.2) is 0 Å². The zero-order valence-electron chi connectivity index (χ0n) is 11.6. The molecule has 0 saturated heterocycles. The first-order valence-electron chi connectivity index (χ1n) is 6.61. The average Bonchev–Trinajstić information content (AvgIpc) is 3.19. The van der Waals surface area contributed by atoms with Crippen molar-refractivity contribution in [2.75, 3.05) is 5.32 Å². The average molecular weight is 308 g/mol. The molecule has 1 aromatic carbocycles. The van der Waals surface area contributed by atoms with Crippen molar-refractivity contribution in [3.8, 4) is 6.07 Å². The first-order valence-corrected chi connectivity index (χ1v) is 7.49. The molecule has 0 bridgehead atoms. The summed E-state index contributed by atoms with van der Waals surface area (Å²) in [5, 5.41) is 18.2. The minimum Gasteiger partial charge on any atom is -0.312 e. The third-order valence-corrected chi connectivity index (χ3v) is 3.96. The van der Waals surface area contributed by atoms with Crippen LogP contribution in [0.3, 0.4) is 0 Å². The Kier molecular flexibility index (Phi) is 3.99. The van der Waals surface area contributed by atoms with Crippen molar-refractivity contribution in [2.45, 2.75) is 6.54 Å².